The summed E-state index contributed by atoms with van der Waals surface area (Å²) in [6.45, 7) is -0.129. The summed E-state index contributed by atoms with van der Waals surface area (Å²) >= 11 is 1.37. The van der Waals surface area contributed by atoms with Crippen molar-refractivity contribution in [1.82, 2.24) is 9.88 Å². The Labute approximate surface area is 129 Å². The van der Waals surface area contributed by atoms with Crippen LogP contribution >= 0.6 is 11.8 Å². The second-order valence-electron chi connectivity index (χ2n) is 4.77. The lowest BCUT2D eigenvalue weighted by molar-refractivity contribution is -0.128. The predicted molar refractivity (Wildman–Crippen MR) is 76.3 cm³/mol. The van der Waals surface area contributed by atoms with Gasteiger partial charge < -0.3 is 4.90 Å². The Hall–Kier alpha value is -2.02. The molecule has 1 aromatic heterocycles. The average molecular weight is 324 g/mol. The number of amides is 1. The average Bonchev–Trinajstić information content (AvgIpc) is 2.90. The monoisotopic (exact) mass is 324 g/mol. The van der Waals surface area contributed by atoms with E-state index in [1.807, 2.05) is 0 Å². The molecule has 0 radical (unpaired) electrons. The number of aromatic nitrogens is 1. The highest BCUT2D eigenvalue weighted by atomic mass is 32.2. The summed E-state index contributed by atoms with van der Waals surface area (Å²) < 4.78 is 40.1. The molecule has 1 unspecified atom stereocenters. The molecule has 1 aromatic carbocycles. The van der Waals surface area contributed by atoms with Crippen molar-refractivity contribution in [1.29, 1.82) is 0 Å². The number of pyridine rings is 1. The second kappa shape index (κ2) is 6.00. The first-order valence-corrected chi connectivity index (χ1v) is 7.57. The molecule has 1 atom stereocenters. The van der Waals surface area contributed by atoms with Gasteiger partial charge in [-0.1, -0.05) is 12.1 Å². The lowest BCUT2D eigenvalue weighted by atomic mass is 10.1. The van der Waals surface area contributed by atoms with Crippen LogP contribution in [0.3, 0.4) is 0 Å². The van der Waals surface area contributed by atoms with Gasteiger partial charge in [0.25, 0.3) is 0 Å². The van der Waals surface area contributed by atoms with Crippen molar-refractivity contribution in [3.05, 3.63) is 65.2 Å². The normalized spacial score (nSPS) is 18.0. The van der Waals surface area contributed by atoms with Crippen LogP contribution in [0, 0.1) is 17.5 Å². The molecule has 2 aromatic rings. The van der Waals surface area contributed by atoms with Crippen LogP contribution in [-0.4, -0.2) is 21.5 Å². The molecule has 0 N–H and O–H groups in total. The maximum absolute atomic E-state index is 13.8. The van der Waals surface area contributed by atoms with Crippen LogP contribution in [0.25, 0.3) is 0 Å². The van der Waals surface area contributed by atoms with Gasteiger partial charge in [-0.3, -0.25) is 9.78 Å². The highest BCUT2D eigenvalue weighted by molar-refractivity contribution is 8.00. The van der Waals surface area contributed by atoms with Crippen molar-refractivity contribution in [2.45, 2.75) is 11.9 Å². The van der Waals surface area contributed by atoms with Crippen molar-refractivity contribution in [3.63, 3.8) is 0 Å². The van der Waals surface area contributed by atoms with Gasteiger partial charge in [-0.25, -0.2) is 13.2 Å². The van der Waals surface area contributed by atoms with E-state index >= 15 is 0 Å². The smallest absolute Gasteiger partial charge is 0.234 e. The molecule has 0 aliphatic carbocycles. The van der Waals surface area contributed by atoms with Crippen LogP contribution in [-0.2, 0) is 11.3 Å². The summed E-state index contributed by atoms with van der Waals surface area (Å²) in [5.41, 5.74) is 0.608. The predicted octanol–water partition coefficient (Wildman–Crippen LogP) is 3.27. The van der Waals surface area contributed by atoms with E-state index < -0.39 is 17.5 Å². The number of nitrogens with zero attached hydrogens (tertiary/aromatic N) is 2. The van der Waals surface area contributed by atoms with Crippen molar-refractivity contribution in [3.8, 4) is 0 Å². The topological polar surface area (TPSA) is 33.2 Å². The lowest BCUT2D eigenvalue weighted by Crippen LogP contribution is -2.28. The third kappa shape index (κ3) is 2.68. The molecule has 1 saturated heterocycles. The molecule has 0 spiro atoms. The second-order valence-corrected chi connectivity index (χ2v) is 5.84. The van der Waals surface area contributed by atoms with Crippen molar-refractivity contribution in [2.75, 3.05) is 5.75 Å². The van der Waals surface area contributed by atoms with Gasteiger partial charge in [-0.15, -0.1) is 11.8 Å². The van der Waals surface area contributed by atoms with Gasteiger partial charge in [0.05, 0.1) is 18.0 Å². The molecule has 1 fully saturated rings. The Morgan fingerprint density at radius 1 is 1.18 bits per heavy atom. The molecule has 0 bridgehead atoms. The van der Waals surface area contributed by atoms with Crippen LogP contribution < -0.4 is 0 Å². The number of hydrogen-bond acceptors (Lipinski definition) is 3. The van der Waals surface area contributed by atoms with Gasteiger partial charge >= 0.3 is 0 Å². The zero-order valence-electron chi connectivity index (χ0n) is 11.3. The summed E-state index contributed by atoms with van der Waals surface area (Å²) in [5.74, 6) is -3.97. The number of thioether (sulfide) groups is 1. The van der Waals surface area contributed by atoms with Gasteiger partial charge in [0.1, 0.15) is 5.37 Å². The Bertz CT molecular complexity index is 711. The Balaban J connectivity index is 1.90. The number of halogens is 3. The molecule has 3 nitrogen and oxygen atoms in total. The molecular weight excluding hydrogens is 313 g/mol. The molecule has 7 heteroatoms. The van der Waals surface area contributed by atoms with Gasteiger partial charge in [-0.05, 0) is 18.2 Å². The standard InChI is InChI=1S/C15H11F3N2OS/c16-10-5-4-9(13(17)14(10)18)7-20-12(21)8-22-15(20)11-3-1-2-6-19-11/h1-6,15H,7-8H2. The minimum atomic E-state index is -1.52. The highest BCUT2D eigenvalue weighted by Gasteiger charge is 2.34. The first-order valence-electron chi connectivity index (χ1n) is 6.52. The molecule has 1 aliphatic rings. The SMILES string of the molecule is O=C1CSC(c2ccccn2)N1Cc1ccc(F)c(F)c1F. The Morgan fingerprint density at radius 3 is 2.73 bits per heavy atom. The number of rotatable bonds is 3. The fraction of sp³-hybridized carbons (Fsp3) is 0.200. The van der Waals surface area contributed by atoms with E-state index in [1.165, 1.54) is 16.7 Å². The summed E-state index contributed by atoms with van der Waals surface area (Å²) in [4.78, 5) is 17.6. The first kappa shape index (κ1) is 14.9. The van der Waals surface area contributed by atoms with Crippen molar-refractivity contribution >= 4 is 17.7 Å². The van der Waals surface area contributed by atoms with Gasteiger partial charge in [0, 0.05) is 11.8 Å². The van der Waals surface area contributed by atoms with Crippen LogP contribution in [0.1, 0.15) is 16.6 Å². The Morgan fingerprint density at radius 2 is 2.00 bits per heavy atom. The van der Waals surface area contributed by atoms with E-state index in [2.05, 4.69) is 4.98 Å². The van der Waals surface area contributed by atoms with Crippen LogP contribution in [0.4, 0.5) is 13.2 Å². The number of hydrogen-bond donors (Lipinski definition) is 0. The fourth-order valence-corrected chi connectivity index (χ4v) is 3.41. The molecule has 3 rings (SSSR count). The largest absolute Gasteiger partial charge is 0.320 e. The first-order chi connectivity index (χ1) is 10.6. The van der Waals surface area contributed by atoms with Crippen LogP contribution in [0.15, 0.2) is 36.5 Å². The summed E-state index contributed by atoms with van der Waals surface area (Å²) in [7, 11) is 0. The van der Waals surface area contributed by atoms with E-state index in [1.54, 1.807) is 24.4 Å². The molecule has 0 saturated carbocycles. The van der Waals surface area contributed by atoms with Crippen LogP contribution in [0.2, 0.25) is 0 Å². The maximum atomic E-state index is 13.8. The minimum Gasteiger partial charge on any atom is -0.320 e. The Kier molecular flexibility index (Phi) is 4.06. The lowest BCUT2D eigenvalue weighted by Gasteiger charge is -2.23. The molecule has 22 heavy (non-hydrogen) atoms. The van der Waals surface area contributed by atoms with Crippen LogP contribution in [0.5, 0.6) is 0 Å². The third-order valence-electron chi connectivity index (χ3n) is 3.36. The quantitative estimate of drug-likeness (QED) is 0.813. The van der Waals surface area contributed by atoms with Crippen molar-refractivity contribution < 1.29 is 18.0 Å². The minimum absolute atomic E-state index is 0.0596. The zero-order valence-corrected chi connectivity index (χ0v) is 12.1. The molecule has 1 amide bonds. The van der Waals surface area contributed by atoms with Gasteiger partial charge in [-0.2, -0.15) is 0 Å². The summed E-state index contributed by atoms with van der Waals surface area (Å²) in [6, 6.07) is 7.33. The van der Waals surface area contributed by atoms with E-state index in [0.29, 0.717) is 5.69 Å². The third-order valence-corrected chi connectivity index (χ3v) is 4.59. The van der Waals surface area contributed by atoms with E-state index in [-0.39, 0.29) is 29.1 Å². The number of carbonyl (C=O) groups is 1. The molecule has 114 valence electrons. The van der Waals surface area contributed by atoms with E-state index in [0.717, 1.165) is 12.1 Å². The zero-order chi connectivity index (χ0) is 15.7. The number of benzene rings is 1. The molecule has 2 heterocycles. The van der Waals surface area contributed by atoms with E-state index in [9.17, 15) is 18.0 Å². The maximum Gasteiger partial charge on any atom is 0.234 e. The van der Waals surface area contributed by atoms with Gasteiger partial charge in [0.15, 0.2) is 17.5 Å². The van der Waals surface area contributed by atoms with Crippen molar-refractivity contribution in [2.24, 2.45) is 0 Å². The highest BCUT2D eigenvalue weighted by Crippen LogP contribution is 2.38. The molecular formula is C15H11F3N2OS. The van der Waals surface area contributed by atoms with E-state index in [4.69, 9.17) is 0 Å². The van der Waals surface area contributed by atoms with Gasteiger partial charge in [0.2, 0.25) is 5.91 Å². The fourth-order valence-electron chi connectivity index (χ4n) is 2.26. The summed E-state index contributed by atoms with van der Waals surface area (Å²) in [5, 5.41) is -0.360. The number of carbonyl (C=O) groups excluding carboxylic acids is 1. The molecule has 1 aliphatic heterocycles. The summed E-state index contributed by atoms with van der Waals surface area (Å²) in [6.07, 6.45) is 1.61.